The molecule has 1 heterocycles. The molecule has 26 heavy (non-hydrogen) atoms. The summed E-state index contributed by atoms with van der Waals surface area (Å²) in [5.41, 5.74) is 1.02. The van der Waals surface area contributed by atoms with Gasteiger partial charge in [0.1, 0.15) is 0 Å². The summed E-state index contributed by atoms with van der Waals surface area (Å²) in [5.74, 6) is 0. The Balaban J connectivity index is 1.66. The number of hydrogen-bond donors (Lipinski definition) is 1. The zero-order chi connectivity index (χ0) is 18.6. The molecule has 1 aromatic heterocycles. The molecule has 0 fully saturated rings. The van der Waals surface area contributed by atoms with Gasteiger partial charge in [-0.2, -0.15) is 23.5 Å². The zero-order valence-electron chi connectivity index (χ0n) is 13.7. The fourth-order valence-electron chi connectivity index (χ4n) is 2.53. The van der Waals surface area contributed by atoms with Gasteiger partial charge in [0.05, 0.1) is 23.7 Å². The normalized spacial score (nSPS) is 11.2. The van der Waals surface area contributed by atoms with E-state index in [0.717, 1.165) is 17.2 Å². The predicted molar refractivity (Wildman–Crippen MR) is 91.3 cm³/mol. The van der Waals surface area contributed by atoms with Crippen LogP contribution in [0.3, 0.4) is 0 Å². The van der Waals surface area contributed by atoms with Gasteiger partial charge in [-0.25, -0.2) is 0 Å². The molecule has 0 saturated heterocycles. The van der Waals surface area contributed by atoms with E-state index in [1.165, 1.54) is 12.1 Å². The van der Waals surface area contributed by atoms with Crippen molar-refractivity contribution in [3.8, 4) is 6.07 Å². The largest absolute Gasteiger partial charge is 0.417 e. The lowest BCUT2D eigenvalue weighted by molar-refractivity contribution is -0.137. The second-order valence-electron chi connectivity index (χ2n) is 5.74. The molecule has 0 unspecified atom stereocenters. The highest BCUT2D eigenvalue weighted by molar-refractivity contribution is 5.53. The number of nitrogens with zero attached hydrogens (tertiary/aromatic N) is 3. The molecule has 0 atom stereocenters. The Morgan fingerprint density at radius 3 is 2.42 bits per heavy atom. The molecule has 3 rings (SSSR count). The number of rotatable bonds is 5. The van der Waals surface area contributed by atoms with Crippen molar-refractivity contribution >= 4 is 5.69 Å². The standard InChI is InChI=1S/C19H15F3N4/c20-19(21,22)18-10-17(7-6-16(18)11-23)24-12-14-2-4-15(5-3-14)13-26-9-1-8-25-26/h1-10,24H,12-13H2. The lowest BCUT2D eigenvalue weighted by Gasteiger charge is -2.12. The van der Waals surface area contributed by atoms with Crippen LogP contribution in [0.2, 0.25) is 0 Å². The van der Waals surface area contributed by atoms with Crippen LogP contribution in [-0.4, -0.2) is 9.78 Å². The van der Waals surface area contributed by atoms with Gasteiger partial charge in [0.15, 0.2) is 0 Å². The molecular weight excluding hydrogens is 341 g/mol. The van der Waals surface area contributed by atoms with E-state index in [4.69, 9.17) is 5.26 Å². The summed E-state index contributed by atoms with van der Waals surface area (Å²) in [6, 6.07) is 14.8. The fraction of sp³-hybridized carbons (Fsp3) is 0.158. The number of hydrogen-bond acceptors (Lipinski definition) is 3. The molecule has 7 heteroatoms. The number of anilines is 1. The van der Waals surface area contributed by atoms with Crippen molar-refractivity contribution in [3.05, 3.63) is 83.2 Å². The molecule has 0 radical (unpaired) electrons. The van der Waals surface area contributed by atoms with Crippen LogP contribution in [0.25, 0.3) is 0 Å². The zero-order valence-corrected chi connectivity index (χ0v) is 13.7. The SMILES string of the molecule is N#Cc1ccc(NCc2ccc(Cn3cccn3)cc2)cc1C(F)(F)F. The van der Waals surface area contributed by atoms with Gasteiger partial charge in [0, 0.05) is 24.6 Å². The quantitative estimate of drug-likeness (QED) is 0.736. The molecule has 0 aliphatic carbocycles. The number of benzene rings is 2. The number of nitrogens with one attached hydrogen (secondary N) is 1. The molecule has 4 nitrogen and oxygen atoms in total. The van der Waals surface area contributed by atoms with E-state index in [9.17, 15) is 13.2 Å². The second-order valence-corrected chi connectivity index (χ2v) is 5.74. The highest BCUT2D eigenvalue weighted by atomic mass is 19.4. The third-order valence-electron chi connectivity index (χ3n) is 3.87. The Labute approximate surface area is 148 Å². The van der Waals surface area contributed by atoms with Crippen LogP contribution in [0.1, 0.15) is 22.3 Å². The first-order valence-corrected chi connectivity index (χ1v) is 7.86. The molecule has 0 aliphatic rings. The second kappa shape index (κ2) is 7.31. The van der Waals surface area contributed by atoms with Gasteiger partial charge < -0.3 is 5.32 Å². The van der Waals surface area contributed by atoms with E-state index in [0.29, 0.717) is 18.8 Å². The highest BCUT2D eigenvalue weighted by Crippen LogP contribution is 2.33. The summed E-state index contributed by atoms with van der Waals surface area (Å²) in [6.45, 7) is 1.04. The number of alkyl halides is 3. The molecule has 3 aromatic rings. The molecular formula is C19H15F3N4. The Hall–Kier alpha value is -3.27. The molecule has 0 amide bonds. The Morgan fingerprint density at radius 2 is 1.81 bits per heavy atom. The molecule has 0 saturated carbocycles. The summed E-state index contributed by atoms with van der Waals surface area (Å²) >= 11 is 0. The van der Waals surface area contributed by atoms with Crippen LogP contribution < -0.4 is 5.32 Å². The lowest BCUT2D eigenvalue weighted by Crippen LogP contribution is -2.09. The van der Waals surface area contributed by atoms with E-state index in [-0.39, 0.29) is 5.56 Å². The fourth-order valence-corrected chi connectivity index (χ4v) is 2.53. The van der Waals surface area contributed by atoms with E-state index < -0.39 is 11.7 Å². The topological polar surface area (TPSA) is 53.6 Å². The first kappa shape index (κ1) is 17.5. The monoisotopic (exact) mass is 356 g/mol. The summed E-state index contributed by atoms with van der Waals surface area (Å²) in [5, 5.41) is 15.9. The van der Waals surface area contributed by atoms with E-state index in [1.54, 1.807) is 12.3 Å². The molecule has 132 valence electrons. The van der Waals surface area contributed by atoms with E-state index >= 15 is 0 Å². The summed E-state index contributed by atoms with van der Waals surface area (Å²) < 4.78 is 40.8. The first-order valence-electron chi connectivity index (χ1n) is 7.86. The Morgan fingerprint density at radius 1 is 1.08 bits per heavy atom. The first-order chi connectivity index (χ1) is 12.5. The van der Waals surface area contributed by atoms with Crippen LogP contribution in [0.15, 0.2) is 60.9 Å². The third-order valence-corrected chi connectivity index (χ3v) is 3.87. The summed E-state index contributed by atoms with van der Waals surface area (Å²) in [6.07, 6.45) is -0.972. The number of nitriles is 1. The van der Waals surface area contributed by atoms with Crippen LogP contribution in [0.4, 0.5) is 18.9 Å². The summed E-state index contributed by atoms with van der Waals surface area (Å²) in [4.78, 5) is 0. The van der Waals surface area contributed by atoms with Crippen LogP contribution in [0.5, 0.6) is 0 Å². The van der Waals surface area contributed by atoms with Gasteiger partial charge in [0.2, 0.25) is 0 Å². The Kier molecular flexibility index (Phi) is 4.94. The van der Waals surface area contributed by atoms with Crippen molar-refractivity contribution < 1.29 is 13.2 Å². The average Bonchev–Trinajstić information content (AvgIpc) is 3.13. The minimum absolute atomic E-state index is 0.317. The van der Waals surface area contributed by atoms with Crippen molar-refractivity contribution in [1.29, 1.82) is 5.26 Å². The van der Waals surface area contributed by atoms with Gasteiger partial charge in [-0.05, 0) is 35.4 Å². The molecule has 0 aliphatic heterocycles. The third kappa shape index (κ3) is 4.22. The maximum atomic E-state index is 13.0. The van der Waals surface area contributed by atoms with Gasteiger partial charge in [0.25, 0.3) is 0 Å². The van der Waals surface area contributed by atoms with Gasteiger partial charge in [-0.3, -0.25) is 4.68 Å². The maximum Gasteiger partial charge on any atom is 0.417 e. The van der Waals surface area contributed by atoms with Gasteiger partial charge in [-0.1, -0.05) is 24.3 Å². The van der Waals surface area contributed by atoms with Crippen molar-refractivity contribution in [1.82, 2.24) is 9.78 Å². The van der Waals surface area contributed by atoms with E-state index in [2.05, 4.69) is 10.4 Å². The molecule has 2 aromatic carbocycles. The molecule has 0 bridgehead atoms. The molecule has 0 spiro atoms. The minimum Gasteiger partial charge on any atom is -0.381 e. The lowest BCUT2D eigenvalue weighted by atomic mass is 10.1. The smallest absolute Gasteiger partial charge is 0.381 e. The van der Waals surface area contributed by atoms with Crippen molar-refractivity contribution in [2.24, 2.45) is 0 Å². The van der Waals surface area contributed by atoms with Crippen molar-refractivity contribution in [2.75, 3.05) is 5.32 Å². The molecule has 1 N–H and O–H groups in total. The van der Waals surface area contributed by atoms with Crippen LogP contribution in [-0.2, 0) is 19.3 Å². The number of aromatic nitrogens is 2. The van der Waals surface area contributed by atoms with Gasteiger partial charge >= 0.3 is 6.18 Å². The highest BCUT2D eigenvalue weighted by Gasteiger charge is 2.33. The number of halogens is 3. The summed E-state index contributed by atoms with van der Waals surface area (Å²) in [7, 11) is 0. The maximum absolute atomic E-state index is 13.0. The minimum atomic E-state index is -4.56. The van der Waals surface area contributed by atoms with E-state index in [1.807, 2.05) is 41.2 Å². The van der Waals surface area contributed by atoms with Crippen LogP contribution in [0, 0.1) is 11.3 Å². The Bertz CT molecular complexity index is 907. The van der Waals surface area contributed by atoms with Gasteiger partial charge in [-0.15, -0.1) is 0 Å². The van der Waals surface area contributed by atoms with Crippen molar-refractivity contribution in [2.45, 2.75) is 19.3 Å². The predicted octanol–water partition coefficient (Wildman–Crippen LogP) is 4.43. The van der Waals surface area contributed by atoms with Crippen molar-refractivity contribution in [3.63, 3.8) is 0 Å². The average molecular weight is 356 g/mol. The van der Waals surface area contributed by atoms with Crippen LogP contribution >= 0.6 is 0 Å².